The lowest BCUT2D eigenvalue weighted by Crippen LogP contribution is -2.57. The van der Waals surface area contributed by atoms with Crippen LogP contribution in [0.4, 0.5) is 4.79 Å². The van der Waals surface area contributed by atoms with Gasteiger partial charge in [0, 0.05) is 12.5 Å². The summed E-state index contributed by atoms with van der Waals surface area (Å²) >= 11 is 0. The zero-order chi connectivity index (χ0) is 28.2. The van der Waals surface area contributed by atoms with E-state index >= 15 is 0 Å². The SMILES string of the molecule is CC1CCN(C(=O)C(NC(=O)OCC2c3ccccc3-c3ccccc32)C(C)OCc2ccccc2)C1C(=O)O. The summed E-state index contributed by atoms with van der Waals surface area (Å²) in [5.41, 5.74) is 5.31. The van der Waals surface area contributed by atoms with Gasteiger partial charge in [-0.15, -0.1) is 0 Å². The van der Waals surface area contributed by atoms with E-state index in [9.17, 15) is 19.5 Å². The van der Waals surface area contributed by atoms with Crippen molar-refractivity contribution in [3.63, 3.8) is 0 Å². The minimum absolute atomic E-state index is 0.0958. The van der Waals surface area contributed by atoms with Gasteiger partial charge in [-0.2, -0.15) is 0 Å². The molecule has 208 valence electrons. The first-order chi connectivity index (χ1) is 19.3. The highest BCUT2D eigenvalue weighted by molar-refractivity contribution is 5.90. The minimum atomic E-state index is -1.12. The van der Waals surface area contributed by atoms with Gasteiger partial charge in [0.25, 0.3) is 0 Å². The molecule has 40 heavy (non-hydrogen) atoms. The average Bonchev–Trinajstić information content (AvgIpc) is 3.51. The lowest BCUT2D eigenvalue weighted by Gasteiger charge is -2.31. The zero-order valence-corrected chi connectivity index (χ0v) is 22.7. The largest absolute Gasteiger partial charge is 0.480 e. The third-order valence-corrected chi connectivity index (χ3v) is 7.94. The molecule has 2 amide bonds. The highest BCUT2D eigenvalue weighted by atomic mass is 16.5. The van der Waals surface area contributed by atoms with Crippen molar-refractivity contribution in [2.45, 2.75) is 51.0 Å². The number of carbonyl (C=O) groups excluding carboxylic acids is 2. The Morgan fingerprint density at radius 1 is 0.950 bits per heavy atom. The Morgan fingerprint density at radius 3 is 2.17 bits per heavy atom. The summed E-state index contributed by atoms with van der Waals surface area (Å²) in [6.07, 6.45) is -0.923. The van der Waals surface area contributed by atoms with Gasteiger partial charge in [0.15, 0.2) is 0 Å². The smallest absolute Gasteiger partial charge is 0.407 e. The molecule has 0 radical (unpaired) electrons. The summed E-state index contributed by atoms with van der Waals surface area (Å²) in [6, 6.07) is 23.5. The summed E-state index contributed by atoms with van der Waals surface area (Å²) in [6.45, 7) is 4.14. The van der Waals surface area contributed by atoms with Gasteiger partial charge < -0.3 is 24.8 Å². The van der Waals surface area contributed by atoms with E-state index in [-0.39, 0.29) is 25.0 Å². The maximum absolute atomic E-state index is 13.7. The fraction of sp³-hybridized carbons (Fsp3) is 0.344. The van der Waals surface area contributed by atoms with Gasteiger partial charge in [0.1, 0.15) is 18.7 Å². The van der Waals surface area contributed by atoms with Crippen LogP contribution in [0.1, 0.15) is 42.9 Å². The van der Waals surface area contributed by atoms with E-state index in [1.54, 1.807) is 6.92 Å². The average molecular weight is 543 g/mol. The predicted octanol–water partition coefficient (Wildman–Crippen LogP) is 4.82. The Hall–Kier alpha value is -4.17. The monoisotopic (exact) mass is 542 g/mol. The number of carboxylic acids is 1. The van der Waals surface area contributed by atoms with Crippen LogP contribution in [0.25, 0.3) is 11.1 Å². The van der Waals surface area contributed by atoms with Gasteiger partial charge in [0.05, 0.1) is 12.7 Å². The molecule has 0 aromatic heterocycles. The molecule has 0 bridgehead atoms. The molecular formula is C32H34N2O6. The molecule has 5 rings (SSSR count). The van der Waals surface area contributed by atoms with Crippen LogP contribution in [-0.2, 0) is 25.7 Å². The number of fused-ring (bicyclic) bond motifs is 3. The number of benzene rings is 3. The molecule has 2 N–H and O–H groups in total. The van der Waals surface area contributed by atoms with Crippen molar-refractivity contribution < 1.29 is 29.0 Å². The normalized spacial score (nSPS) is 19.4. The number of aliphatic carboxylic acids is 1. The molecule has 2 aliphatic rings. The van der Waals surface area contributed by atoms with Crippen LogP contribution in [0.15, 0.2) is 78.9 Å². The Balaban J connectivity index is 1.31. The first-order valence-electron chi connectivity index (χ1n) is 13.7. The maximum atomic E-state index is 13.7. The van der Waals surface area contributed by atoms with Crippen molar-refractivity contribution in [2.24, 2.45) is 5.92 Å². The first-order valence-corrected chi connectivity index (χ1v) is 13.7. The maximum Gasteiger partial charge on any atom is 0.407 e. The molecule has 3 aromatic rings. The summed E-state index contributed by atoms with van der Waals surface area (Å²) in [5, 5.41) is 12.5. The van der Waals surface area contributed by atoms with E-state index in [1.165, 1.54) is 4.90 Å². The zero-order valence-electron chi connectivity index (χ0n) is 22.7. The number of carboxylic acid groups (broad SMARTS) is 1. The van der Waals surface area contributed by atoms with E-state index in [2.05, 4.69) is 17.4 Å². The number of ether oxygens (including phenoxy) is 2. The highest BCUT2D eigenvalue weighted by Crippen LogP contribution is 2.44. The predicted molar refractivity (Wildman–Crippen MR) is 150 cm³/mol. The second-order valence-corrected chi connectivity index (χ2v) is 10.5. The topological polar surface area (TPSA) is 105 Å². The number of amides is 2. The molecule has 1 aliphatic carbocycles. The number of carbonyl (C=O) groups is 3. The highest BCUT2D eigenvalue weighted by Gasteiger charge is 2.43. The van der Waals surface area contributed by atoms with Gasteiger partial charge in [-0.05, 0) is 47.1 Å². The van der Waals surface area contributed by atoms with Crippen LogP contribution in [0.3, 0.4) is 0 Å². The van der Waals surface area contributed by atoms with Crippen LogP contribution in [-0.4, -0.2) is 59.3 Å². The summed E-state index contributed by atoms with van der Waals surface area (Å²) < 4.78 is 11.7. The van der Waals surface area contributed by atoms with E-state index in [4.69, 9.17) is 9.47 Å². The molecule has 0 spiro atoms. The Kier molecular flexibility index (Phi) is 8.16. The Labute approximate surface area is 233 Å². The molecule has 8 heteroatoms. The molecule has 0 saturated carbocycles. The summed E-state index contributed by atoms with van der Waals surface area (Å²) in [7, 11) is 0. The molecule has 4 unspecified atom stereocenters. The van der Waals surface area contributed by atoms with E-state index in [0.29, 0.717) is 13.0 Å². The molecule has 8 nitrogen and oxygen atoms in total. The third kappa shape index (κ3) is 5.58. The number of hydrogen-bond acceptors (Lipinski definition) is 5. The number of nitrogens with zero attached hydrogens (tertiary/aromatic N) is 1. The molecule has 4 atom stereocenters. The standard InChI is InChI=1S/C32H34N2O6/c1-20-16-17-34(29(20)31(36)37)30(35)28(21(2)39-18-22-10-4-3-5-11-22)33-32(38)40-19-27-25-14-8-6-12-23(25)24-13-7-9-15-26(24)27/h3-15,20-21,27-29H,16-19H2,1-2H3,(H,33,38)(H,36,37). The second-order valence-electron chi connectivity index (χ2n) is 10.5. The number of likely N-dealkylation sites (tertiary alicyclic amines) is 1. The number of nitrogens with one attached hydrogen (secondary N) is 1. The van der Waals surface area contributed by atoms with Crippen molar-refractivity contribution >= 4 is 18.0 Å². The van der Waals surface area contributed by atoms with Gasteiger partial charge in [-0.25, -0.2) is 9.59 Å². The number of hydrogen-bond donors (Lipinski definition) is 2. The second kappa shape index (κ2) is 11.9. The molecule has 1 fully saturated rings. The van der Waals surface area contributed by atoms with Gasteiger partial charge in [0.2, 0.25) is 5.91 Å². The lowest BCUT2D eigenvalue weighted by molar-refractivity contribution is -0.151. The molecular weight excluding hydrogens is 508 g/mol. The Morgan fingerprint density at radius 2 is 1.55 bits per heavy atom. The van der Waals surface area contributed by atoms with Crippen LogP contribution in [0, 0.1) is 5.92 Å². The molecule has 3 aromatic carbocycles. The fourth-order valence-electron chi connectivity index (χ4n) is 5.79. The van der Waals surface area contributed by atoms with E-state index < -0.39 is 36.2 Å². The van der Waals surface area contributed by atoms with E-state index in [0.717, 1.165) is 27.8 Å². The number of rotatable bonds is 9. The van der Waals surface area contributed by atoms with Crippen LogP contribution in [0.5, 0.6) is 0 Å². The lowest BCUT2D eigenvalue weighted by atomic mass is 9.98. The quantitative estimate of drug-likeness (QED) is 0.402. The van der Waals surface area contributed by atoms with Crippen molar-refractivity contribution in [1.82, 2.24) is 10.2 Å². The van der Waals surface area contributed by atoms with Gasteiger partial charge >= 0.3 is 12.1 Å². The van der Waals surface area contributed by atoms with Gasteiger partial charge in [-0.1, -0.05) is 85.8 Å². The summed E-state index contributed by atoms with van der Waals surface area (Å²) in [4.78, 5) is 40.1. The van der Waals surface area contributed by atoms with Crippen LogP contribution in [0.2, 0.25) is 0 Å². The van der Waals surface area contributed by atoms with Gasteiger partial charge in [-0.3, -0.25) is 4.79 Å². The van der Waals surface area contributed by atoms with Crippen molar-refractivity contribution in [3.05, 3.63) is 95.6 Å². The Bertz CT molecular complexity index is 1330. The van der Waals surface area contributed by atoms with Crippen molar-refractivity contribution in [2.75, 3.05) is 13.2 Å². The third-order valence-electron chi connectivity index (χ3n) is 7.94. The van der Waals surface area contributed by atoms with Crippen LogP contribution < -0.4 is 5.32 Å². The van der Waals surface area contributed by atoms with E-state index in [1.807, 2.05) is 73.7 Å². The molecule has 1 saturated heterocycles. The summed E-state index contributed by atoms with van der Waals surface area (Å²) in [5.74, 6) is -1.88. The van der Waals surface area contributed by atoms with Crippen molar-refractivity contribution in [3.8, 4) is 11.1 Å². The fourth-order valence-corrected chi connectivity index (χ4v) is 5.79. The number of alkyl carbamates (subject to hydrolysis) is 1. The first kappa shape index (κ1) is 27.4. The van der Waals surface area contributed by atoms with Crippen LogP contribution >= 0.6 is 0 Å². The molecule has 1 aliphatic heterocycles. The molecule has 1 heterocycles. The van der Waals surface area contributed by atoms with Crippen molar-refractivity contribution in [1.29, 1.82) is 0 Å². The minimum Gasteiger partial charge on any atom is -0.480 e.